The Morgan fingerprint density at radius 2 is 1.97 bits per heavy atom. The van der Waals surface area contributed by atoms with E-state index in [0.717, 1.165) is 35.2 Å². The molecule has 2 heterocycles. The number of carbonyl (C=O) groups is 1. The molecule has 0 saturated heterocycles. The van der Waals surface area contributed by atoms with E-state index in [1.165, 1.54) is 7.11 Å². The fourth-order valence-electron chi connectivity index (χ4n) is 2.53. The summed E-state index contributed by atoms with van der Waals surface area (Å²) in [5, 5.41) is 2.65. The highest BCUT2D eigenvalue weighted by Crippen LogP contribution is 2.34. The monoisotopic (exact) mass is 457 g/mol. The van der Waals surface area contributed by atoms with Crippen LogP contribution in [0.1, 0.15) is 15.9 Å². The first-order chi connectivity index (χ1) is 14.0. The van der Waals surface area contributed by atoms with Crippen LogP contribution in [-0.4, -0.2) is 36.9 Å². The summed E-state index contributed by atoms with van der Waals surface area (Å²) >= 11 is 1.02. The molecule has 0 spiro atoms. The average Bonchev–Trinajstić information content (AvgIpc) is 3.15. The second kappa shape index (κ2) is 8.03. The van der Waals surface area contributed by atoms with Crippen molar-refractivity contribution in [3.63, 3.8) is 0 Å². The maximum absolute atomic E-state index is 12.9. The number of rotatable bonds is 5. The van der Waals surface area contributed by atoms with Crippen LogP contribution in [0.15, 0.2) is 46.9 Å². The quantitative estimate of drug-likeness (QED) is 0.620. The molecule has 3 rings (SSSR count). The summed E-state index contributed by atoms with van der Waals surface area (Å²) in [5.74, 6) is -0.530. The third kappa shape index (κ3) is 4.14. The Kier molecular flexibility index (Phi) is 5.81. The van der Waals surface area contributed by atoms with Gasteiger partial charge in [0.05, 0.1) is 18.4 Å². The number of aromatic nitrogens is 2. The number of alkyl halides is 3. The lowest BCUT2D eigenvalue weighted by Crippen LogP contribution is -2.27. The molecule has 7 nitrogen and oxygen atoms in total. The molecule has 0 radical (unpaired) electrons. The number of sulfone groups is 1. The minimum absolute atomic E-state index is 0.0674. The summed E-state index contributed by atoms with van der Waals surface area (Å²) in [6.07, 6.45) is 0.862. The smallest absolute Gasteiger partial charge is 0.496 e. The second-order valence-electron chi connectivity index (χ2n) is 6.00. The summed E-state index contributed by atoms with van der Waals surface area (Å²) in [4.78, 5) is 20.0. The van der Waals surface area contributed by atoms with Crippen LogP contribution in [0.5, 0.6) is 5.75 Å². The average molecular weight is 457 g/mol. The van der Waals surface area contributed by atoms with E-state index in [4.69, 9.17) is 4.74 Å². The molecule has 0 aliphatic carbocycles. The summed E-state index contributed by atoms with van der Waals surface area (Å²) in [6.45, 7) is 1.88. The van der Waals surface area contributed by atoms with Gasteiger partial charge in [0.1, 0.15) is 5.75 Å². The molecule has 0 unspecified atom stereocenters. The van der Waals surface area contributed by atoms with E-state index in [1.807, 2.05) is 19.1 Å². The zero-order valence-electron chi connectivity index (χ0n) is 15.5. The van der Waals surface area contributed by atoms with Gasteiger partial charge in [-0.05, 0) is 31.2 Å². The number of ether oxygens (including phenoxy) is 1. The number of hydrogen-bond donors (Lipinski definition) is 1. The molecule has 3 aromatic rings. The van der Waals surface area contributed by atoms with Crippen molar-refractivity contribution in [1.29, 1.82) is 0 Å². The minimum Gasteiger partial charge on any atom is -0.496 e. The summed E-state index contributed by atoms with van der Waals surface area (Å²) in [7, 11) is -4.31. The fraction of sp³-hybridized carbons (Fsp3) is 0.167. The van der Waals surface area contributed by atoms with Crippen LogP contribution < -0.4 is 10.1 Å². The third-order valence-electron chi connectivity index (χ3n) is 3.93. The molecule has 2 aromatic heterocycles. The van der Waals surface area contributed by atoms with Crippen molar-refractivity contribution in [2.75, 3.05) is 12.4 Å². The van der Waals surface area contributed by atoms with Crippen LogP contribution in [-0.2, 0) is 9.84 Å². The summed E-state index contributed by atoms with van der Waals surface area (Å²) in [5.41, 5.74) is -4.24. The number of nitrogens with one attached hydrogen (secondary N) is 1. The highest BCUT2D eigenvalue weighted by molar-refractivity contribution is 7.92. The van der Waals surface area contributed by atoms with Gasteiger partial charge in [-0.1, -0.05) is 11.6 Å². The van der Waals surface area contributed by atoms with Crippen molar-refractivity contribution in [2.45, 2.75) is 17.5 Å². The Morgan fingerprint density at radius 3 is 2.63 bits per heavy atom. The van der Waals surface area contributed by atoms with Gasteiger partial charge in [-0.3, -0.25) is 10.1 Å². The Labute approximate surface area is 173 Å². The number of pyridine rings is 1. The highest BCUT2D eigenvalue weighted by Gasteiger charge is 2.49. The molecule has 30 heavy (non-hydrogen) atoms. The third-order valence-corrected chi connectivity index (χ3v) is 6.13. The molecule has 1 amide bonds. The van der Waals surface area contributed by atoms with Crippen LogP contribution in [0.25, 0.3) is 11.3 Å². The summed E-state index contributed by atoms with van der Waals surface area (Å²) in [6, 6.07) is 7.54. The van der Waals surface area contributed by atoms with Gasteiger partial charge in [0.25, 0.3) is 15.7 Å². The SMILES string of the molecule is COc1ccc(C)cc1-c1csc(NC(=O)c2cccnc2S(=O)(=O)C(F)(F)F)n1. The maximum Gasteiger partial charge on any atom is 0.503 e. The number of aryl methyl sites for hydroxylation is 1. The molecule has 0 aliphatic rings. The van der Waals surface area contributed by atoms with Crippen molar-refractivity contribution in [2.24, 2.45) is 0 Å². The van der Waals surface area contributed by atoms with Gasteiger partial charge in [0.2, 0.25) is 0 Å². The van der Waals surface area contributed by atoms with Crippen molar-refractivity contribution < 1.29 is 31.1 Å². The molecular weight excluding hydrogens is 443 g/mol. The highest BCUT2D eigenvalue weighted by atomic mass is 32.2. The van der Waals surface area contributed by atoms with Gasteiger partial charge in [-0.15, -0.1) is 11.3 Å². The van der Waals surface area contributed by atoms with E-state index >= 15 is 0 Å². The van der Waals surface area contributed by atoms with E-state index in [9.17, 15) is 26.4 Å². The van der Waals surface area contributed by atoms with Gasteiger partial charge in [0, 0.05) is 17.1 Å². The molecule has 0 saturated carbocycles. The number of amides is 1. The van der Waals surface area contributed by atoms with Crippen LogP contribution in [0, 0.1) is 6.92 Å². The normalized spacial score (nSPS) is 11.9. The van der Waals surface area contributed by atoms with E-state index in [2.05, 4.69) is 15.3 Å². The molecule has 1 N–H and O–H groups in total. The second-order valence-corrected chi connectivity index (χ2v) is 8.72. The number of hydrogen-bond acceptors (Lipinski definition) is 7. The number of methoxy groups -OCH3 is 1. The fourth-order valence-corrected chi connectivity index (χ4v) is 4.10. The Morgan fingerprint density at radius 1 is 1.23 bits per heavy atom. The minimum atomic E-state index is -5.80. The Bertz CT molecular complexity index is 1210. The molecule has 0 bridgehead atoms. The predicted octanol–water partition coefficient (Wildman–Crippen LogP) is 4.07. The molecule has 0 aliphatic heterocycles. The zero-order valence-corrected chi connectivity index (χ0v) is 17.2. The van der Waals surface area contributed by atoms with Crippen LogP contribution in [0.2, 0.25) is 0 Å². The lowest BCUT2D eigenvalue weighted by molar-refractivity contribution is -0.0438. The molecular formula is C18H14F3N3O4S2. The predicted molar refractivity (Wildman–Crippen MR) is 104 cm³/mol. The first-order valence-corrected chi connectivity index (χ1v) is 10.6. The molecule has 12 heteroatoms. The van der Waals surface area contributed by atoms with Crippen LogP contribution >= 0.6 is 11.3 Å². The Hall–Kier alpha value is -2.99. The number of halogens is 3. The van der Waals surface area contributed by atoms with Gasteiger partial charge in [-0.2, -0.15) is 13.2 Å². The standard InChI is InChI=1S/C18H14F3N3O4S2/c1-10-5-6-14(28-2)12(8-10)13-9-29-17(23-13)24-15(25)11-4-3-7-22-16(11)30(26,27)18(19,20)21/h3-9H,1-2H3,(H,23,24,25). The lowest BCUT2D eigenvalue weighted by atomic mass is 10.1. The van der Waals surface area contributed by atoms with Gasteiger partial charge in [0.15, 0.2) is 10.2 Å². The van der Waals surface area contributed by atoms with Crippen molar-refractivity contribution in [3.8, 4) is 17.0 Å². The van der Waals surface area contributed by atoms with E-state index in [-0.39, 0.29) is 5.13 Å². The number of thiazole rings is 1. The van der Waals surface area contributed by atoms with Crippen molar-refractivity contribution in [3.05, 3.63) is 53.0 Å². The van der Waals surface area contributed by atoms with Gasteiger partial charge < -0.3 is 4.74 Å². The van der Waals surface area contributed by atoms with Crippen LogP contribution in [0.3, 0.4) is 0 Å². The van der Waals surface area contributed by atoms with Crippen LogP contribution in [0.4, 0.5) is 18.3 Å². The Balaban J connectivity index is 1.92. The van der Waals surface area contributed by atoms with Crippen molar-refractivity contribution in [1.82, 2.24) is 9.97 Å². The van der Waals surface area contributed by atoms with Gasteiger partial charge in [-0.25, -0.2) is 18.4 Å². The first-order valence-electron chi connectivity index (χ1n) is 8.23. The van der Waals surface area contributed by atoms with E-state index < -0.39 is 31.8 Å². The summed E-state index contributed by atoms with van der Waals surface area (Å²) < 4.78 is 67.5. The van der Waals surface area contributed by atoms with Gasteiger partial charge >= 0.3 is 5.51 Å². The molecule has 158 valence electrons. The lowest BCUT2D eigenvalue weighted by Gasteiger charge is -2.11. The maximum atomic E-state index is 12.9. The largest absolute Gasteiger partial charge is 0.503 e. The molecule has 0 atom stereocenters. The molecule has 0 fully saturated rings. The number of nitrogens with zero attached hydrogens (tertiary/aromatic N) is 2. The topological polar surface area (TPSA) is 98.2 Å². The van der Waals surface area contributed by atoms with E-state index in [0.29, 0.717) is 17.0 Å². The zero-order chi connectivity index (χ0) is 22.1. The number of carbonyl (C=O) groups excluding carboxylic acids is 1. The van der Waals surface area contributed by atoms with Crippen molar-refractivity contribution >= 4 is 32.2 Å². The number of anilines is 1. The first kappa shape index (κ1) is 21.7. The van der Waals surface area contributed by atoms with E-state index in [1.54, 1.807) is 11.4 Å². The molecule has 1 aromatic carbocycles. The number of benzene rings is 1.